The van der Waals surface area contributed by atoms with Crippen molar-refractivity contribution in [2.24, 2.45) is 17.8 Å². The van der Waals surface area contributed by atoms with E-state index in [4.69, 9.17) is 5.11 Å². The highest BCUT2D eigenvalue weighted by atomic mass is 16.4. The van der Waals surface area contributed by atoms with Crippen LogP contribution in [-0.4, -0.2) is 30.2 Å². The van der Waals surface area contributed by atoms with Crippen molar-refractivity contribution in [3.63, 3.8) is 0 Å². The van der Waals surface area contributed by atoms with Crippen molar-refractivity contribution in [2.45, 2.75) is 34.1 Å². The summed E-state index contributed by atoms with van der Waals surface area (Å²) in [4.78, 5) is 21.6. The second-order valence-electron chi connectivity index (χ2n) is 4.93. The van der Waals surface area contributed by atoms with E-state index in [1.54, 1.807) is 0 Å². The number of hydrogen-bond acceptors (Lipinski definition) is 2. The average molecular weight is 244 g/mol. The average Bonchev–Trinajstić information content (AvgIpc) is 2.15. The number of carbonyl (C=O) groups is 2. The van der Waals surface area contributed by atoms with Gasteiger partial charge in [0.1, 0.15) is 0 Å². The van der Waals surface area contributed by atoms with Crippen LogP contribution in [0.1, 0.15) is 34.1 Å². The van der Waals surface area contributed by atoms with Gasteiger partial charge in [-0.25, -0.2) is 4.79 Å². The molecule has 5 nitrogen and oxygen atoms in total. The van der Waals surface area contributed by atoms with Gasteiger partial charge in [0.2, 0.25) is 0 Å². The molecule has 0 aromatic heterocycles. The van der Waals surface area contributed by atoms with E-state index in [-0.39, 0.29) is 19.0 Å². The summed E-state index contributed by atoms with van der Waals surface area (Å²) in [5, 5.41) is 13.7. The Morgan fingerprint density at radius 1 is 1.06 bits per heavy atom. The molecule has 0 fully saturated rings. The Hall–Kier alpha value is -1.26. The molecule has 5 heteroatoms. The molecule has 0 bridgehead atoms. The fraction of sp³-hybridized carbons (Fsp3) is 0.833. The van der Waals surface area contributed by atoms with E-state index < -0.39 is 5.97 Å². The van der Waals surface area contributed by atoms with Gasteiger partial charge in [0.05, 0.1) is 6.42 Å². The molecule has 0 heterocycles. The molecule has 0 unspecified atom stereocenters. The summed E-state index contributed by atoms with van der Waals surface area (Å²) < 4.78 is 0. The highest BCUT2D eigenvalue weighted by molar-refractivity contribution is 5.74. The molecule has 0 aromatic carbocycles. The first kappa shape index (κ1) is 15.7. The van der Waals surface area contributed by atoms with Gasteiger partial charge >= 0.3 is 12.0 Å². The summed E-state index contributed by atoms with van der Waals surface area (Å²) in [5.74, 6) is 0.538. The predicted octanol–water partition coefficient (Wildman–Crippen LogP) is 1.69. The smallest absolute Gasteiger partial charge is 0.314 e. The number of carbonyl (C=O) groups excluding carboxylic acids is 1. The van der Waals surface area contributed by atoms with Crippen LogP contribution in [0.2, 0.25) is 0 Å². The van der Waals surface area contributed by atoms with Crippen LogP contribution in [0, 0.1) is 17.8 Å². The quantitative estimate of drug-likeness (QED) is 0.637. The highest BCUT2D eigenvalue weighted by Gasteiger charge is 2.17. The third-order valence-electron chi connectivity index (χ3n) is 2.84. The summed E-state index contributed by atoms with van der Waals surface area (Å²) in [7, 11) is 0. The minimum absolute atomic E-state index is 0.0504. The first-order chi connectivity index (χ1) is 7.84. The maximum Gasteiger partial charge on any atom is 0.314 e. The summed E-state index contributed by atoms with van der Waals surface area (Å²) in [6, 6.07) is -0.294. The highest BCUT2D eigenvalue weighted by Crippen LogP contribution is 2.19. The van der Waals surface area contributed by atoms with E-state index in [0.29, 0.717) is 24.3 Å². The van der Waals surface area contributed by atoms with Crippen LogP contribution in [-0.2, 0) is 4.79 Å². The minimum Gasteiger partial charge on any atom is -0.481 e. The summed E-state index contributed by atoms with van der Waals surface area (Å²) in [6.07, 6.45) is -0.0504. The molecule has 0 aliphatic carbocycles. The lowest BCUT2D eigenvalue weighted by atomic mass is 9.85. The number of carboxylic acid groups (broad SMARTS) is 1. The Morgan fingerprint density at radius 2 is 1.59 bits per heavy atom. The minimum atomic E-state index is -0.910. The van der Waals surface area contributed by atoms with Gasteiger partial charge in [0, 0.05) is 13.1 Å². The number of aliphatic carboxylic acids is 1. The van der Waals surface area contributed by atoms with Crippen LogP contribution in [0.25, 0.3) is 0 Å². The fourth-order valence-corrected chi connectivity index (χ4v) is 1.80. The van der Waals surface area contributed by atoms with E-state index in [2.05, 4.69) is 38.3 Å². The Labute approximate surface area is 103 Å². The van der Waals surface area contributed by atoms with Gasteiger partial charge in [0.25, 0.3) is 0 Å². The lowest BCUT2D eigenvalue weighted by molar-refractivity contribution is -0.136. The molecule has 0 spiro atoms. The van der Waals surface area contributed by atoms with Gasteiger partial charge < -0.3 is 15.7 Å². The molecule has 2 amide bonds. The molecular formula is C12H24N2O3. The Kier molecular flexibility index (Phi) is 7.34. The molecule has 0 saturated carbocycles. The number of nitrogens with one attached hydrogen (secondary N) is 2. The van der Waals surface area contributed by atoms with Crippen LogP contribution >= 0.6 is 0 Å². The number of amides is 2. The molecule has 0 radical (unpaired) electrons. The van der Waals surface area contributed by atoms with Crippen molar-refractivity contribution in [3.05, 3.63) is 0 Å². The van der Waals surface area contributed by atoms with Gasteiger partial charge in [-0.05, 0) is 17.8 Å². The number of urea groups is 1. The van der Waals surface area contributed by atoms with Gasteiger partial charge in [-0.3, -0.25) is 4.79 Å². The first-order valence-electron chi connectivity index (χ1n) is 6.08. The fourth-order valence-electron chi connectivity index (χ4n) is 1.80. The van der Waals surface area contributed by atoms with Crippen molar-refractivity contribution in [2.75, 3.05) is 13.1 Å². The van der Waals surface area contributed by atoms with Gasteiger partial charge in [-0.2, -0.15) is 0 Å². The Bertz CT molecular complexity index is 244. The third kappa shape index (κ3) is 7.60. The zero-order chi connectivity index (χ0) is 13.4. The Morgan fingerprint density at radius 3 is 2.00 bits per heavy atom. The second-order valence-corrected chi connectivity index (χ2v) is 4.93. The topological polar surface area (TPSA) is 78.4 Å². The van der Waals surface area contributed by atoms with Crippen LogP contribution in [0.3, 0.4) is 0 Å². The van der Waals surface area contributed by atoms with Gasteiger partial charge in [-0.1, -0.05) is 27.7 Å². The van der Waals surface area contributed by atoms with Gasteiger partial charge in [-0.15, -0.1) is 0 Å². The normalized spacial score (nSPS) is 11.0. The number of hydrogen-bond donors (Lipinski definition) is 3. The lowest BCUT2D eigenvalue weighted by Crippen LogP contribution is -2.41. The van der Waals surface area contributed by atoms with Crippen molar-refractivity contribution < 1.29 is 14.7 Å². The molecule has 0 rings (SSSR count). The zero-order valence-electron chi connectivity index (χ0n) is 11.1. The standard InChI is InChI=1S/C12H24N2O3/c1-8(2)10(9(3)4)7-14-12(17)13-6-5-11(15)16/h8-10H,5-7H2,1-4H3,(H,15,16)(H2,13,14,17). The second kappa shape index (κ2) is 7.92. The number of carboxylic acids is 1. The Balaban J connectivity index is 3.85. The maximum absolute atomic E-state index is 11.4. The molecule has 0 atom stereocenters. The van der Waals surface area contributed by atoms with E-state index in [9.17, 15) is 9.59 Å². The summed E-state index contributed by atoms with van der Waals surface area (Å²) in [5.41, 5.74) is 0. The number of rotatable bonds is 7. The predicted molar refractivity (Wildman–Crippen MR) is 66.8 cm³/mol. The maximum atomic E-state index is 11.4. The molecule has 0 aliphatic heterocycles. The van der Waals surface area contributed by atoms with Crippen molar-refractivity contribution in [1.82, 2.24) is 10.6 Å². The van der Waals surface area contributed by atoms with Gasteiger partial charge in [0.15, 0.2) is 0 Å². The van der Waals surface area contributed by atoms with E-state index in [1.165, 1.54) is 0 Å². The summed E-state index contributed by atoms with van der Waals surface area (Å²) in [6.45, 7) is 9.32. The van der Waals surface area contributed by atoms with Crippen LogP contribution in [0.5, 0.6) is 0 Å². The SMILES string of the molecule is CC(C)C(CNC(=O)NCCC(=O)O)C(C)C. The van der Waals surface area contributed by atoms with Crippen LogP contribution < -0.4 is 10.6 Å². The lowest BCUT2D eigenvalue weighted by Gasteiger charge is -2.25. The summed E-state index contributed by atoms with van der Waals surface area (Å²) >= 11 is 0. The molecule has 0 aliphatic rings. The molecule has 100 valence electrons. The molecule has 3 N–H and O–H groups in total. The van der Waals surface area contributed by atoms with Crippen molar-refractivity contribution >= 4 is 12.0 Å². The molecular weight excluding hydrogens is 220 g/mol. The zero-order valence-corrected chi connectivity index (χ0v) is 11.1. The molecule has 0 aromatic rings. The third-order valence-corrected chi connectivity index (χ3v) is 2.84. The first-order valence-corrected chi connectivity index (χ1v) is 6.08. The van der Waals surface area contributed by atoms with E-state index >= 15 is 0 Å². The van der Waals surface area contributed by atoms with Crippen molar-refractivity contribution in [1.29, 1.82) is 0 Å². The molecule has 0 saturated heterocycles. The van der Waals surface area contributed by atoms with Crippen LogP contribution in [0.4, 0.5) is 4.79 Å². The van der Waals surface area contributed by atoms with Crippen molar-refractivity contribution in [3.8, 4) is 0 Å². The monoisotopic (exact) mass is 244 g/mol. The van der Waals surface area contributed by atoms with E-state index in [1.807, 2.05) is 0 Å². The molecule has 17 heavy (non-hydrogen) atoms. The van der Waals surface area contributed by atoms with E-state index in [0.717, 1.165) is 0 Å². The largest absolute Gasteiger partial charge is 0.481 e. The van der Waals surface area contributed by atoms with Crippen LogP contribution in [0.15, 0.2) is 0 Å².